The first-order chi connectivity index (χ1) is 13.9. The second-order valence-corrected chi connectivity index (χ2v) is 8.29. The molecule has 2 aromatic rings. The summed E-state index contributed by atoms with van der Waals surface area (Å²) in [5.41, 5.74) is 0.743. The fourth-order valence-corrected chi connectivity index (χ4v) is 4.92. The maximum absolute atomic E-state index is 13.6. The summed E-state index contributed by atoms with van der Waals surface area (Å²) in [7, 11) is 0. The van der Waals surface area contributed by atoms with Crippen LogP contribution in [0.5, 0.6) is 0 Å². The molecular formula is C21H30F3N5. The van der Waals surface area contributed by atoms with E-state index in [1.165, 1.54) is 6.42 Å². The first-order valence-electron chi connectivity index (χ1n) is 10.9. The Morgan fingerprint density at radius 3 is 2.48 bits per heavy atom. The molecule has 2 aliphatic rings. The number of hydrogen-bond donors (Lipinski definition) is 0. The zero-order valence-electron chi connectivity index (χ0n) is 17.3. The average molecular weight is 410 g/mol. The predicted molar refractivity (Wildman–Crippen MR) is 106 cm³/mol. The molecule has 2 saturated heterocycles. The van der Waals surface area contributed by atoms with Crippen LogP contribution in [0.3, 0.4) is 0 Å². The third-order valence-electron chi connectivity index (χ3n) is 6.35. The summed E-state index contributed by atoms with van der Waals surface area (Å²) in [6.45, 7) is 8.38. The van der Waals surface area contributed by atoms with Crippen molar-refractivity contribution in [2.24, 2.45) is 0 Å². The number of piperidine rings is 1. The highest BCUT2D eigenvalue weighted by Crippen LogP contribution is 2.37. The highest BCUT2D eigenvalue weighted by molar-refractivity contribution is 5.43. The Labute approximate surface area is 169 Å². The minimum atomic E-state index is -4.45. The molecule has 0 spiro atoms. The van der Waals surface area contributed by atoms with Crippen LogP contribution in [0.15, 0.2) is 12.1 Å². The molecule has 0 aromatic carbocycles. The number of likely N-dealkylation sites (tertiary alicyclic amines) is 2. The van der Waals surface area contributed by atoms with Crippen molar-refractivity contribution >= 4 is 5.65 Å². The van der Waals surface area contributed by atoms with E-state index in [4.69, 9.17) is 0 Å². The quantitative estimate of drug-likeness (QED) is 0.737. The van der Waals surface area contributed by atoms with E-state index >= 15 is 0 Å². The summed E-state index contributed by atoms with van der Waals surface area (Å²) in [6, 6.07) is 3.47. The summed E-state index contributed by atoms with van der Waals surface area (Å²) in [5.74, 6) is 0. The standard InChI is InChI=1S/C21H30F3N5/c1-3-9-27-11-7-16(8-12-27)28-10-5-6-18(28)17-14-20-25-15(4-2)13-19(21(22,23)24)29(20)26-17/h13-14,16,18H,3-12H2,1-2H3/t18-/m1/s1. The van der Waals surface area contributed by atoms with Gasteiger partial charge < -0.3 is 4.90 Å². The number of rotatable bonds is 5. The van der Waals surface area contributed by atoms with Crippen molar-refractivity contribution in [2.75, 3.05) is 26.2 Å². The molecule has 1 atom stereocenters. The van der Waals surface area contributed by atoms with Crippen LogP contribution in [0.2, 0.25) is 0 Å². The van der Waals surface area contributed by atoms with E-state index in [0.29, 0.717) is 23.8 Å². The van der Waals surface area contributed by atoms with E-state index in [9.17, 15) is 13.2 Å². The Balaban J connectivity index is 1.60. The van der Waals surface area contributed by atoms with E-state index in [1.54, 1.807) is 6.07 Å². The summed E-state index contributed by atoms with van der Waals surface area (Å²) in [4.78, 5) is 9.40. The maximum Gasteiger partial charge on any atom is 0.433 e. The van der Waals surface area contributed by atoms with Gasteiger partial charge >= 0.3 is 6.18 Å². The van der Waals surface area contributed by atoms with Gasteiger partial charge in [-0.3, -0.25) is 4.90 Å². The van der Waals surface area contributed by atoms with Gasteiger partial charge in [-0.05, 0) is 70.8 Å². The molecule has 4 heterocycles. The minimum absolute atomic E-state index is 0.0885. The molecular weight excluding hydrogens is 379 g/mol. The largest absolute Gasteiger partial charge is 0.433 e. The second-order valence-electron chi connectivity index (χ2n) is 8.29. The molecule has 0 N–H and O–H groups in total. The van der Waals surface area contributed by atoms with Gasteiger partial charge in [-0.25, -0.2) is 9.50 Å². The lowest BCUT2D eigenvalue weighted by molar-refractivity contribution is -0.142. The number of aromatic nitrogens is 3. The van der Waals surface area contributed by atoms with Crippen LogP contribution in [0.1, 0.15) is 69.1 Å². The van der Waals surface area contributed by atoms with Gasteiger partial charge in [-0.1, -0.05) is 13.8 Å². The smallest absolute Gasteiger partial charge is 0.303 e. The van der Waals surface area contributed by atoms with Crippen molar-refractivity contribution in [3.8, 4) is 0 Å². The van der Waals surface area contributed by atoms with Crippen LogP contribution < -0.4 is 0 Å². The Kier molecular flexibility index (Phi) is 5.84. The van der Waals surface area contributed by atoms with Crippen molar-refractivity contribution in [3.63, 3.8) is 0 Å². The van der Waals surface area contributed by atoms with E-state index < -0.39 is 11.9 Å². The topological polar surface area (TPSA) is 36.7 Å². The summed E-state index contributed by atoms with van der Waals surface area (Å²) < 4.78 is 41.7. The zero-order chi connectivity index (χ0) is 20.6. The third-order valence-corrected chi connectivity index (χ3v) is 6.35. The normalized spacial score (nSPS) is 22.7. The minimum Gasteiger partial charge on any atom is -0.303 e. The van der Waals surface area contributed by atoms with Crippen molar-refractivity contribution in [2.45, 2.75) is 70.6 Å². The molecule has 0 unspecified atom stereocenters. The molecule has 2 aliphatic heterocycles. The van der Waals surface area contributed by atoms with Crippen LogP contribution in [0.25, 0.3) is 5.65 Å². The van der Waals surface area contributed by atoms with E-state index in [-0.39, 0.29) is 6.04 Å². The maximum atomic E-state index is 13.6. The lowest BCUT2D eigenvalue weighted by Gasteiger charge is -2.39. The van der Waals surface area contributed by atoms with E-state index in [2.05, 4.69) is 26.8 Å². The molecule has 0 saturated carbocycles. The molecule has 0 bridgehead atoms. The molecule has 0 radical (unpaired) electrons. The highest BCUT2D eigenvalue weighted by atomic mass is 19.4. The molecule has 0 aliphatic carbocycles. The molecule has 0 amide bonds. The lowest BCUT2D eigenvalue weighted by Crippen LogP contribution is -2.44. The molecule has 4 rings (SSSR count). The van der Waals surface area contributed by atoms with Gasteiger partial charge in [0.1, 0.15) is 5.69 Å². The zero-order valence-corrected chi connectivity index (χ0v) is 17.3. The molecule has 5 nitrogen and oxygen atoms in total. The average Bonchev–Trinajstić information content (AvgIpc) is 3.33. The van der Waals surface area contributed by atoms with Gasteiger partial charge in [0.2, 0.25) is 0 Å². The summed E-state index contributed by atoms with van der Waals surface area (Å²) in [5, 5.41) is 4.41. The Morgan fingerprint density at radius 1 is 1.07 bits per heavy atom. The Bertz CT molecular complexity index is 839. The molecule has 8 heteroatoms. The number of alkyl halides is 3. The molecule has 2 fully saturated rings. The molecule has 29 heavy (non-hydrogen) atoms. The summed E-state index contributed by atoms with van der Waals surface area (Å²) in [6.07, 6.45) is 1.44. The van der Waals surface area contributed by atoms with E-state index in [1.807, 2.05) is 6.92 Å². The van der Waals surface area contributed by atoms with Gasteiger partial charge in [0.05, 0.1) is 11.7 Å². The van der Waals surface area contributed by atoms with Crippen LogP contribution in [0, 0.1) is 0 Å². The van der Waals surface area contributed by atoms with Crippen molar-refractivity contribution in [1.29, 1.82) is 0 Å². The van der Waals surface area contributed by atoms with Gasteiger partial charge in [0, 0.05) is 17.8 Å². The number of halogens is 3. The predicted octanol–water partition coefficient (Wildman–Crippen LogP) is 4.32. The fraction of sp³-hybridized carbons (Fsp3) is 0.714. The monoisotopic (exact) mass is 409 g/mol. The van der Waals surface area contributed by atoms with Crippen molar-refractivity contribution in [1.82, 2.24) is 24.4 Å². The SMILES string of the molecule is CCCN1CCC(N2CCC[C@@H]2c2cc3nc(CC)cc(C(F)(F)F)n3n2)CC1. The van der Waals surface area contributed by atoms with Gasteiger partial charge in [0.25, 0.3) is 0 Å². The Morgan fingerprint density at radius 2 is 1.83 bits per heavy atom. The van der Waals surface area contributed by atoms with E-state index in [0.717, 1.165) is 68.1 Å². The van der Waals surface area contributed by atoms with Gasteiger partial charge in [-0.15, -0.1) is 0 Å². The van der Waals surface area contributed by atoms with Crippen molar-refractivity contribution in [3.05, 3.63) is 29.2 Å². The Hall–Kier alpha value is -1.67. The first kappa shape index (κ1) is 20.6. The van der Waals surface area contributed by atoms with Gasteiger partial charge in [-0.2, -0.15) is 18.3 Å². The lowest BCUT2D eigenvalue weighted by atomic mass is 10.0. The van der Waals surface area contributed by atoms with Crippen LogP contribution in [-0.4, -0.2) is 56.6 Å². The number of nitrogens with zero attached hydrogens (tertiary/aromatic N) is 5. The van der Waals surface area contributed by atoms with Crippen LogP contribution in [-0.2, 0) is 12.6 Å². The number of fused-ring (bicyclic) bond motifs is 1. The fourth-order valence-electron chi connectivity index (χ4n) is 4.92. The number of hydrogen-bond acceptors (Lipinski definition) is 4. The highest BCUT2D eigenvalue weighted by Gasteiger charge is 2.38. The van der Waals surface area contributed by atoms with Crippen molar-refractivity contribution < 1.29 is 13.2 Å². The van der Waals surface area contributed by atoms with Gasteiger partial charge in [0.15, 0.2) is 5.65 Å². The molecule has 160 valence electrons. The van der Waals surface area contributed by atoms with Crippen LogP contribution in [0.4, 0.5) is 13.2 Å². The first-order valence-corrected chi connectivity index (χ1v) is 10.9. The summed E-state index contributed by atoms with van der Waals surface area (Å²) >= 11 is 0. The third kappa shape index (κ3) is 4.14. The van der Waals surface area contributed by atoms with Crippen LogP contribution >= 0.6 is 0 Å². The molecule has 2 aromatic heterocycles. The number of aryl methyl sites for hydroxylation is 1. The second kappa shape index (κ2) is 8.22.